The third-order valence-electron chi connectivity index (χ3n) is 11.0. The fraction of sp³-hybridized carbons (Fsp3) is 0.583. The first-order valence-corrected chi connectivity index (χ1v) is 24.8. The minimum Gasteiger partial charge on any atom is -0.744 e. The molecule has 0 atom stereocenters. The van der Waals surface area contributed by atoms with E-state index in [0.717, 1.165) is 86.1 Å². The molecule has 57 heavy (non-hydrogen) atoms. The van der Waals surface area contributed by atoms with E-state index in [9.17, 15) is 25.9 Å². The van der Waals surface area contributed by atoms with E-state index in [1.165, 1.54) is 112 Å². The molecule has 0 amide bonds. The summed E-state index contributed by atoms with van der Waals surface area (Å²) in [5.41, 5.74) is 4.61. The van der Waals surface area contributed by atoms with Crippen LogP contribution in [0.3, 0.4) is 0 Å². The molecule has 6 nitrogen and oxygen atoms in total. The Hall–Kier alpha value is -1.21. The zero-order valence-electron chi connectivity index (χ0n) is 35.7. The molecule has 0 spiro atoms. The fourth-order valence-electron chi connectivity index (χ4n) is 7.92. The molecule has 0 fully saturated rings. The Bertz CT molecular complexity index is 1830. The van der Waals surface area contributed by atoms with Crippen LogP contribution in [0.15, 0.2) is 70.5 Å². The summed E-state index contributed by atoms with van der Waals surface area (Å²) in [5.74, 6) is 0. The van der Waals surface area contributed by atoms with Gasteiger partial charge in [0.25, 0.3) is 0 Å². The molecule has 4 aromatic rings. The Balaban J connectivity index is 0.000000387. The number of benzene rings is 4. The SMILES string of the molecule is CCCCCCCc1cccc2cc(S(=O)(=O)[O-])cc(CCCCCCC)c12.CCCCCCCc1cccc2cc(S(=O)(=O)[O-])cc(CCCCCCC)c12.[Ba+2]. The van der Waals surface area contributed by atoms with Gasteiger partial charge in [0.05, 0.1) is 9.79 Å². The molecule has 0 aromatic heterocycles. The van der Waals surface area contributed by atoms with E-state index in [-0.39, 0.29) is 58.7 Å². The van der Waals surface area contributed by atoms with Crippen molar-refractivity contribution in [3.8, 4) is 0 Å². The van der Waals surface area contributed by atoms with Gasteiger partial charge in [0, 0.05) is 0 Å². The fourth-order valence-corrected chi connectivity index (χ4v) is 9.03. The van der Waals surface area contributed by atoms with Crippen molar-refractivity contribution in [2.75, 3.05) is 0 Å². The largest absolute Gasteiger partial charge is 2.00 e. The number of aryl methyl sites for hydroxylation is 4. The topological polar surface area (TPSA) is 114 Å². The van der Waals surface area contributed by atoms with Gasteiger partial charge in [0.2, 0.25) is 0 Å². The summed E-state index contributed by atoms with van der Waals surface area (Å²) in [7, 11) is -8.89. The zero-order chi connectivity index (χ0) is 40.8. The number of fused-ring (bicyclic) bond motifs is 2. The van der Waals surface area contributed by atoms with E-state index in [0.29, 0.717) is 0 Å². The second-order valence-corrected chi connectivity index (χ2v) is 18.5. The summed E-state index contributed by atoms with van der Waals surface area (Å²) in [6.45, 7) is 8.84. The van der Waals surface area contributed by atoms with Gasteiger partial charge in [-0.25, -0.2) is 16.8 Å². The summed E-state index contributed by atoms with van der Waals surface area (Å²) in [5, 5.41) is 4.10. The van der Waals surface area contributed by atoms with Crippen LogP contribution in [-0.4, -0.2) is 74.8 Å². The first-order chi connectivity index (χ1) is 26.9. The van der Waals surface area contributed by atoms with Gasteiger partial charge in [-0.3, -0.25) is 0 Å². The Morgan fingerprint density at radius 3 is 0.947 bits per heavy atom. The van der Waals surface area contributed by atoms with Crippen LogP contribution in [0.5, 0.6) is 0 Å². The molecule has 9 heteroatoms. The van der Waals surface area contributed by atoms with Crippen molar-refractivity contribution in [3.05, 3.63) is 82.9 Å². The minimum absolute atomic E-state index is 0. The molecule has 0 radical (unpaired) electrons. The quantitative estimate of drug-likeness (QED) is 0.0352. The summed E-state index contributed by atoms with van der Waals surface area (Å²) < 4.78 is 69.9. The number of rotatable bonds is 26. The number of unbranched alkanes of at least 4 members (excludes halogenated alkanes) is 16. The average Bonchev–Trinajstić information content (AvgIpc) is 3.16. The van der Waals surface area contributed by atoms with Crippen LogP contribution in [0.1, 0.15) is 178 Å². The van der Waals surface area contributed by atoms with Crippen LogP contribution >= 0.6 is 0 Å². The predicted molar refractivity (Wildman–Crippen MR) is 239 cm³/mol. The monoisotopic (exact) mass is 944 g/mol. The first kappa shape index (κ1) is 51.9. The molecule has 312 valence electrons. The molecular formula is C48H70BaO6S2. The third kappa shape index (κ3) is 18.5. The van der Waals surface area contributed by atoms with Crippen molar-refractivity contribution in [2.24, 2.45) is 0 Å². The van der Waals surface area contributed by atoms with Crippen molar-refractivity contribution < 1.29 is 25.9 Å². The normalized spacial score (nSPS) is 11.8. The Morgan fingerprint density at radius 1 is 0.386 bits per heavy atom. The molecule has 4 rings (SSSR count). The molecule has 0 saturated heterocycles. The van der Waals surface area contributed by atoms with Crippen molar-refractivity contribution in [1.29, 1.82) is 0 Å². The van der Waals surface area contributed by atoms with Crippen LogP contribution in [0, 0.1) is 0 Å². The van der Waals surface area contributed by atoms with Gasteiger partial charge in [-0.05, 0) is 119 Å². The van der Waals surface area contributed by atoms with E-state index in [1.54, 1.807) is 24.3 Å². The molecule has 0 N–H and O–H groups in total. The van der Waals surface area contributed by atoms with Crippen LogP contribution in [0.4, 0.5) is 0 Å². The molecule has 0 aliphatic carbocycles. The summed E-state index contributed by atoms with van der Waals surface area (Å²) >= 11 is 0. The minimum atomic E-state index is -4.45. The molecule has 0 heterocycles. The molecule has 0 aliphatic rings. The van der Waals surface area contributed by atoms with Crippen LogP contribution in [-0.2, 0) is 45.9 Å². The van der Waals surface area contributed by atoms with Gasteiger partial charge in [-0.15, -0.1) is 0 Å². The van der Waals surface area contributed by atoms with Crippen LogP contribution in [0.2, 0.25) is 0 Å². The van der Waals surface area contributed by atoms with E-state index in [1.807, 2.05) is 24.3 Å². The van der Waals surface area contributed by atoms with E-state index in [2.05, 4.69) is 39.8 Å². The Morgan fingerprint density at radius 2 is 0.667 bits per heavy atom. The molecular weight excluding hydrogens is 874 g/mol. The summed E-state index contributed by atoms with van der Waals surface area (Å²) in [4.78, 5) is -0.188. The van der Waals surface area contributed by atoms with Crippen molar-refractivity contribution >= 4 is 90.7 Å². The van der Waals surface area contributed by atoms with E-state index < -0.39 is 20.2 Å². The van der Waals surface area contributed by atoms with Gasteiger partial charge in [-0.2, -0.15) is 0 Å². The Labute approximate surface area is 387 Å². The Kier molecular flexibility index (Phi) is 25.8. The first-order valence-electron chi connectivity index (χ1n) is 21.9. The molecule has 0 saturated carbocycles. The second-order valence-electron chi connectivity index (χ2n) is 15.8. The standard InChI is InChI=1S/2C24H36O3S.Ba/c2*1-3-5-7-9-11-14-20-16-13-17-22-19-23(28(25,26)27)18-21(24(20)22)15-12-10-8-6-4-2;/h2*13,16-19H,3-12,14-15H2,1-2H3,(H,25,26,27);/q;;+2/p-2. The zero-order valence-corrected chi connectivity index (χ0v) is 41.8. The maximum absolute atomic E-state index is 11.6. The molecule has 4 aromatic carbocycles. The van der Waals surface area contributed by atoms with Gasteiger partial charge in [0.1, 0.15) is 20.2 Å². The second kappa shape index (κ2) is 28.3. The van der Waals surface area contributed by atoms with E-state index in [4.69, 9.17) is 0 Å². The molecule has 0 unspecified atom stereocenters. The van der Waals surface area contributed by atoms with Gasteiger partial charge in [0.15, 0.2) is 0 Å². The smallest absolute Gasteiger partial charge is 0.744 e. The van der Waals surface area contributed by atoms with Crippen molar-refractivity contribution in [1.82, 2.24) is 0 Å². The predicted octanol–water partition coefficient (Wildman–Crippen LogP) is 13.2. The van der Waals surface area contributed by atoms with Gasteiger partial charge < -0.3 is 9.11 Å². The summed E-state index contributed by atoms with van der Waals surface area (Å²) in [6.07, 6.45) is 27.6. The molecule has 0 aliphatic heterocycles. The van der Waals surface area contributed by atoms with Crippen LogP contribution < -0.4 is 0 Å². The number of hydrogen-bond acceptors (Lipinski definition) is 6. The summed E-state index contributed by atoms with van der Waals surface area (Å²) in [6, 6.07) is 18.5. The van der Waals surface area contributed by atoms with Crippen LogP contribution in [0.25, 0.3) is 21.5 Å². The maximum atomic E-state index is 11.6. The number of hydrogen-bond donors (Lipinski definition) is 0. The van der Waals surface area contributed by atoms with E-state index >= 15 is 0 Å². The average molecular weight is 945 g/mol. The van der Waals surface area contributed by atoms with Crippen molar-refractivity contribution in [3.63, 3.8) is 0 Å². The van der Waals surface area contributed by atoms with Gasteiger partial charge in [-0.1, -0.05) is 167 Å². The molecule has 0 bridgehead atoms. The van der Waals surface area contributed by atoms with Crippen molar-refractivity contribution in [2.45, 2.75) is 192 Å². The third-order valence-corrected chi connectivity index (χ3v) is 12.6. The maximum Gasteiger partial charge on any atom is 2.00 e. The van der Waals surface area contributed by atoms with Gasteiger partial charge >= 0.3 is 48.9 Å².